The number of likely N-dealkylation sites (tertiary alicyclic amines) is 1. The molecule has 146 valence electrons. The zero-order valence-electron chi connectivity index (χ0n) is 16.0. The van der Waals surface area contributed by atoms with Crippen molar-refractivity contribution < 1.29 is 9.53 Å². The summed E-state index contributed by atoms with van der Waals surface area (Å²) in [7, 11) is 1.81. The Labute approximate surface area is 169 Å². The number of amides is 1. The van der Waals surface area contributed by atoms with Gasteiger partial charge in [0.05, 0.1) is 18.6 Å². The molecule has 0 spiro atoms. The molecular weight excluding hydrogens is 433 g/mol. The van der Waals surface area contributed by atoms with Gasteiger partial charge in [0.15, 0.2) is 5.96 Å². The summed E-state index contributed by atoms with van der Waals surface area (Å²) >= 11 is 0. The van der Waals surface area contributed by atoms with E-state index in [2.05, 4.69) is 25.4 Å². The first-order valence-electron chi connectivity index (χ1n) is 9.03. The third-order valence-electron chi connectivity index (χ3n) is 4.88. The predicted octanol–water partition coefficient (Wildman–Crippen LogP) is 0.749. The molecule has 0 aromatic heterocycles. The number of carbonyl (C=O) groups excluding carboxylic acids is 1. The lowest BCUT2D eigenvalue weighted by atomic mass is 9.92. The zero-order chi connectivity index (χ0) is 17.6. The maximum atomic E-state index is 12.1. The van der Waals surface area contributed by atoms with Gasteiger partial charge in [0.1, 0.15) is 0 Å². The van der Waals surface area contributed by atoms with Crippen LogP contribution in [0.15, 0.2) is 4.99 Å². The fraction of sp³-hybridized carbons (Fsp3) is 0.882. The van der Waals surface area contributed by atoms with Crippen LogP contribution >= 0.6 is 24.0 Å². The molecule has 0 aliphatic carbocycles. The second-order valence-electron chi connectivity index (χ2n) is 7.18. The Kier molecular flexibility index (Phi) is 9.44. The Morgan fingerprint density at radius 3 is 2.52 bits per heavy atom. The number of rotatable bonds is 5. The topological polar surface area (TPSA) is 69.2 Å². The normalized spacial score (nSPS) is 22.5. The highest BCUT2D eigenvalue weighted by Gasteiger charge is 2.32. The highest BCUT2D eigenvalue weighted by Crippen LogP contribution is 2.18. The van der Waals surface area contributed by atoms with Gasteiger partial charge in [0.25, 0.3) is 0 Å². The lowest BCUT2D eigenvalue weighted by Gasteiger charge is -2.32. The quantitative estimate of drug-likeness (QED) is 0.355. The number of nitrogens with zero attached hydrogens (tertiary/aromatic N) is 3. The Balaban J connectivity index is 0.00000312. The average Bonchev–Trinajstić information content (AvgIpc) is 3.06. The minimum Gasteiger partial charge on any atom is -0.379 e. The highest BCUT2D eigenvalue weighted by atomic mass is 127. The van der Waals surface area contributed by atoms with Crippen molar-refractivity contribution >= 4 is 35.8 Å². The van der Waals surface area contributed by atoms with Crippen molar-refractivity contribution in [2.75, 3.05) is 59.5 Å². The number of aliphatic imine (C=N–C) groups is 1. The SMILES string of the molecule is CCNC(=O)C(C)(C)CNC(=NC)N1CCC(N2CCOCC2)C1.I. The Morgan fingerprint density at radius 1 is 1.24 bits per heavy atom. The molecule has 0 bridgehead atoms. The molecule has 1 amide bonds. The van der Waals surface area contributed by atoms with E-state index in [0.29, 0.717) is 19.1 Å². The number of hydrogen-bond donors (Lipinski definition) is 2. The van der Waals surface area contributed by atoms with Crippen LogP contribution in [0.1, 0.15) is 27.2 Å². The second-order valence-corrected chi connectivity index (χ2v) is 7.18. The summed E-state index contributed by atoms with van der Waals surface area (Å²) in [5.74, 6) is 0.962. The van der Waals surface area contributed by atoms with E-state index in [9.17, 15) is 4.79 Å². The smallest absolute Gasteiger partial charge is 0.227 e. The molecule has 0 radical (unpaired) electrons. The number of guanidine groups is 1. The molecule has 1 atom stereocenters. The van der Waals surface area contributed by atoms with Crippen LogP contribution in [0, 0.1) is 5.41 Å². The molecule has 2 N–H and O–H groups in total. The number of nitrogens with one attached hydrogen (secondary N) is 2. The Bertz CT molecular complexity index is 452. The molecule has 2 heterocycles. The number of carbonyl (C=O) groups is 1. The van der Waals surface area contributed by atoms with Crippen LogP contribution < -0.4 is 10.6 Å². The number of halogens is 1. The molecule has 25 heavy (non-hydrogen) atoms. The van der Waals surface area contributed by atoms with Crippen LogP contribution in [-0.4, -0.2) is 87.2 Å². The van der Waals surface area contributed by atoms with Crippen LogP contribution in [0.25, 0.3) is 0 Å². The molecule has 0 saturated carbocycles. The first-order valence-corrected chi connectivity index (χ1v) is 9.03. The first kappa shape index (κ1) is 22.4. The van der Waals surface area contributed by atoms with Crippen molar-refractivity contribution in [1.82, 2.24) is 20.4 Å². The van der Waals surface area contributed by atoms with Gasteiger partial charge in [-0.2, -0.15) is 0 Å². The fourth-order valence-corrected chi connectivity index (χ4v) is 3.29. The average molecular weight is 467 g/mol. The minimum absolute atomic E-state index is 0. The largest absolute Gasteiger partial charge is 0.379 e. The van der Waals surface area contributed by atoms with E-state index >= 15 is 0 Å². The summed E-state index contributed by atoms with van der Waals surface area (Å²) in [5, 5.41) is 6.28. The lowest BCUT2D eigenvalue weighted by Crippen LogP contribution is -2.50. The molecule has 8 heteroatoms. The van der Waals surface area contributed by atoms with Crippen LogP contribution in [0.3, 0.4) is 0 Å². The van der Waals surface area contributed by atoms with Gasteiger partial charge in [-0.3, -0.25) is 14.7 Å². The monoisotopic (exact) mass is 467 g/mol. The van der Waals surface area contributed by atoms with Crippen molar-refractivity contribution in [2.45, 2.75) is 33.2 Å². The molecule has 2 fully saturated rings. The van der Waals surface area contributed by atoms with Crippen molar-refractivity contribution in [3.8, 4) is 0 Å². The minimum atomic E-state index is -0.463. The van der Waals surface area contributed by atoms with E-state index in [-0.39, 0.29) is 29.9 Å². The molecule has 0 aromatic carbocycles. The first-order chi connectivity index (χ1) is 11.5. The molecule has 7 nitrogen and oxygen atoms in total. The standard InChI is InChI=1S/C17H33N5O2.HI/c1-5-19-15(23)17(2,3)13-20-16(18-4)22-7-6-14(12-22)21-8-10-24-11-9-21;/h14H,5-13H2,1-4H3,(H,18,20)(H,19,23);1H. The van der Waals surface area contributed by atoms with Crippen LogP contribution in [-0.2, 0) is 9.53 Å². The van der Waals surface area contributed by atoms with Crippen molar-refractivity contribution in [2.24, 2.45) is 10.4 Å². The number of ether oxygens (including phenoxy) is 1. The Hall–Kier alpha value is -0.610. The summed E-state index contributed by atoms with van der Waals surface area (Å²) in [6.45, 7) is 12.8. The van der Waals surface area contributed by atoms with Crippen molar-refractivity contribution in [3.05, 3.63) is 0 Å². The summed E-state index contributed by atoms with van der Waals surface area (Å²) in [6.07, 6.45) is 1.15. The van der Waals surface area contributed by atoms with Gasteiger partial charge < -0.3 is 20.3 Å². The maximum Gasteiger partial charge on any atom is 0.227 e. The van der Waals surface area contributed by atoms with Crippen molar-refractivity contribution in [3.63, 3.8) is 0 Å². The second kappa shape index (κ2) is 10.5. The molecule has 0 aromatic rings. The van der Waals surface area contributed by atoms with Gasteiger partial charge in [0, 0.05) is 52.4 Å². The summed E-state index contributed by atoms with van der Waals surface area (Å²) in [4.78, 5) is 21.4. The van der Waals surface area contributed by atoms with E-state index < -0.39 is 5.41 Å². The Morgan fingerprint density at radius 2 is 1.92 bits per heavy atom. The number of hydrogen-bond acceptors (Lipinski definition) is 4. The van der Waals surface area contributed by atoms with Crippen molar-refractivity contribution in [1.29, 1.82) is 0 Å². The van der Waals surface area contributed by atoms with Gasteiger partial charge in [-0.25, -0.2) is 0 Å². The summed E-state index contributed by atoms with van der Waals surface area (Å²) in [6, 6.07) is 0.573. The molecule has 2 aliphatic heterocycles. The van der Waals surface area contributed by atoms with Gasteiger partial charge in [0.2, 0.25) is 5.91 Å². The lowest BCUT2D eigenvalue weighted by molar-refractivity contribution is -0.128. The predicted molar refractivity (Wildman–Crippen MR) is 112 cm³/mol. The fourth-order valence-electron chi connectivity index (χ4n) is 3.29. The summed E-state index contributed by atoms with van der Waals surface area (Å²) < 4.78 is 5.44. The third kappa shape index (κ3) is 6.25. The van der Waals surface area contributed by atoms with Gasteiger partial charge >= 0.3 is 0 Å². The summed E-state index contributed by atoms with van der Waals surface area (Å²) in [5.41, 5.74) is -0.463. The zero-order valence-corrected chi connectivity index (χ0v) is 18.3. The molecule has 2 rings (SSSR count). The molecule has 2 saturated heterocycles. The van der Waals surface area contributed by atoms with E-state index in [4.69, 9.17) is 4.74 Å². The number of morpholine rings is 1. The van der Waals surface area contributed by atoms with Gasteiger partial charge in [-0.05, 0) is 27.2 Å². The molecular formula is C17H34IN5O2. The highest BCUT2D eigenvalue weighted by molar-refractivity contribution is 14.0. The van der Waals surface area contributed by atoms with Gasteiger partial charge in [-0.15, -0.1) is 24.0 Å². The maximum absolute atomic E-state index is 12.1. The van der Waals surface area contributed by atoms with E-state index in [1.807, 2.05) is 27.8 Å². The van der Waals surface area contributed by atoms with E-state index in [1.54, 1.807) is 0 Å². The van der Waals surface area contributed by atoms with E-state index in [0.717, 1.165) is 51.8 Å². The van der Waals surface area contributed by atoms with Crippen LogP contribution in [0.2, 0.25) is 0 Å². The van der Waals surface area contributed by atoms with Crippen LogP contribution in [0.5, 0.6) is 0 Å². The molecule has 2 aliphatic rings. The third-order valence-corrected chi connectivity index (χ3v) is 4.88. The van der Waals surface area contributed by atoms with Gasteiger partial charge in [-0.1, -0.05) is 0 Å². The van der Waals surface area contributed by atoms with E-state index in [1.165, 1.54) is 0 Å². The van der Waals surface area contributed by atoms with Crippen LogP contribution in [0.4, 0.5) is 0 Å². The molecule has 1 unspecified atom stereocenters.